The van der Waals surface area contributed by atoms with Crippen molar-refractivity contribution in [3.8, 4) is 18.2 Å². The van der Waals surface area contributed by atoms with Crippen LogP contribution in [0.25, 0.3) is 5.57 Å². The van der Waals surface area contributed by atoms with Gasteiger partial charge in [0, 0.05) is 29.6 Å². The van der Waals surface area contributed by atoms with E-state index in [4.69, 9.17) is 4.74 Å². The lowest BCUT2D eigenvalue weighted by Crippen LogP contribution is -2.21. The van der Waals surface area contributed by atoms with Crippen molar-refractivity contribution in [2.75, 3.05) is 11.4 Å². The summed E-state index contributed by atoms with van der Waals surface area (Å²) in [6.07, 6.45) is 20.5. The summed E-state index contributed by atoms with van der Waals surface area (Å²) >= 11 is 0. The summed E-state index contributed by atoms with van der Waals surface area (Å²) in [4.78, 5) is 2.33. The van der Waals surface area contributed by atoms with Gasteiger partial charge in [-0.3, -0.25) is 0 Å². The normalized spacial score (nSPS) is 16.9. The first kappa shape index (κ1) is 27.6. The molecule has 1 aromatic rings. The van der Waals surface area contributed by atoms with Crippen molar-refractivity contribution in [2.24, 2.45) is 0 Å². The summed E-state index contributed by atoms with van der Waals surface area (Å²) < 4.78 is 5.85. The van der Waals surface area contributed by atoms with Gasteiger partial charge >= 0.3 is 0 Å². The van der Waals surface area contributed by atoms with Crippen LogP contribution in [0.15, 0.2) is 77.2 Å². The predicted octanol–water partition coefficient (Wildman–Crippen LogP) is 8.03. The maximum atomic E-state index is 9.73. The average molecular weight is 493 g/mol. The molecule has 5 nitrogen and oxygen atoms in total. The van der Waals surface area contributed by atoms with E-state index in [1.165, 1.54) is 62.6 Å². The van der Waals surface area contributed by atoms with E-state index in [-0.39, 0.29) is 16.9 Å². The molecule has 0 aliphatic carbocycles. The van der Waals surface area contributed by atoms with Crippen molar-refractivity contribution in [1.82, 2.24) is 0 Å². The Morgan fingerprint density at radius 1 is 0.973 bits per heavy atom. The monoisotopic (exact) mass is 492 g/mol. The van der Waals surface area contributed by atoms with E-state index in [1.54, 1.807) is 0 Å². The SMILES string of the molecule is CCCCCCCCCCN1C=C/C(=C/C=C/C2=C(C#N)C(=C(C#N)C#N)OC2(C)C)c2ccccc21. The fourth-order valence-electron chi connectivity index (χ4n) is 4.80. The van der Waals surface area contributed by atoms with Crippen LogP contribution in [0.4, 0.5) is 5.69 Å². The van der Waals surface area contributed by atoms with E-state index in [2.05, 4.69) is 54.4 Å². The Bertz CT molecular complexity index is 1240. The van der Waals surface area contributed by atoms with Crippen LogP contribution in [0.3, 0.4) is 0 Å². The van der Waals surface area contributed by atoms with Crippen molar-refractivity contribution in [3.63, 3.8) is 0 Å². The van der Waals surface area contributed by atoms with Gasteiger partial charge in [0.15, 0.2) is 11.3 Å². The van der Waals surface area contributed by atoms with E-state index >= 15 is 0 Å². The van der Waals surface area contributed by atoms with Crippen LogP contribution in [0.1, 0.15) is 77.7 Å². The van der Waals surface area contributed by atoms with Gasteiger partial charge < -0.3 is 9.64 Å². The second kappa shape index (κ2) is 13.3. The molecule has 2 heterocycles. The number of fused-ring (bicyclic) bond motifs is 1. The third kappa shape index (κ3) is 6.81. The molecular weight excluding hydrogens is 456 g/mol. The highest BCUT2D eigenvalue weighted by Crippen LogP contribution is 2.40. The van der Waals surface area contributed by atoms with Gasteiger partial charge in [0.25, 0.3) is 0 Å². The number of hydrogen-bond acceptors (Lipinski definition) is 5. The van der Waals surface area contributed by atoms with Crippen LogP contribution < -0.4 is 4.90 Å². The minimum Gasteiger partial charge on any atom is -0.480 e. The Hall–Kier alpha value is -4.01. The number of para-hydroxylation sites is 1. The third-order valence-electron chi connectivity index (χ3n) is 6.81. The van der Waals surface area contributed by atoms with Crippen LogP contribution in [-0.2, 0) is 4.74 Å². The van der Waals surface area contributed by atoms with Crippen LogP contribution in [0, 0.1) is 34.0 Å². The summed E-state index contributed by atoms with van der Waals surface area (Å²) in [5, 5.41) is 28.2. The van der Waals surface area contributed by atoms with Crippen molar-refractivity contribution >= 4 is 11.3 Å². The zero-order valence-corrected chi connectivity index (χ0v) is 22.3. The molecule has 1 aromatic carbocycles. The van der Waals surface area contributed by atoms with Crippen LogP contribution >= 0.6 is 0 Å². The number of benzene rings is 1. The molecule has 0 radical (unpaired) electrons. The van der Waals surface area contributed by atoms with Gasteiger partial charge in [0.1, 0.15) is 29.4 Å². The van der Waals surface area contributed by atoms with Crippen molar-refractivity contribution < 1.29 is 4.74 Å². The molecule has 0 amide bonds. The second-order valence-electron chi connectivity index (χ2n) is 9.92. The van der Waals surface area contributed by atoms with Gasteiger partial charge in [-0.05, 0) is 38.0 Å². The van der Waals surface area contributed by atoms with Gasteiger partial charge in [-0.1, -0.05) is 88.3 Å². The van der Waals surface area contributed by atoms with Crippen molar-refractivity contribution in [1.29, 1.82) is 15.8 Å². The molecule has 0 saturated carbocycles. The molecule has 0 atom stereocenters. The van der Waals surface area contributed by atoms with Crippen LogP contribution in [0.2, 0.25) is 0 Å². The maximum absolute atomic E-state index is 9.73. The molecule has 5 heteroatoms. The quantitative estimate of drug-likeness (QED) is 0.230. The largest absolute Gasteiger partial charge is 0.480 e. The predicted molar refractivity (Wildman–Crippen MR) is 149 cm³/mol. The highest BCUT2D eigenvalue weighted by atomic mass is 16.5. The lowest BCUT2D eigenvalue weighted by Gasteiger charge is -2.27. The summed E-state index contributed by atoms with van der Waals surface area (Å²) in [5.41, 5.74) is 3.33. The average Bonchev–Trinajstić information content (AvgIpc) is 3.16. The zero-order chi connectivity index (χ0) is 26.7. The van der Waals surface area contributed by atoms with Gasteiger partial charge in [0.2, 0.25) is 0 Å². The lowest BCUT2D eigenvalue weighted by molar-refractivity contribution is 0.0954. The number of anilines is 1. The molecule has 0 N–H and O–H groups in total. The Balaban J connectivity index is 1.73. The van der Waals surface area contributed by atoms with Crippen LogP contribution in [-0.4, -0.2) is 12.1 Å². The number of nitriles is 3. The summed E-state index contributed by atoms with van der Waals surface area (Å²) in [6, 6.07) is 14.2. The molecule has 2 aliphatic heterocycles. The molecule has 0 spiro atoms. The third-order valence-corrected chi connectivity index (χ3v) is 6.81. The Morgan fingerprint density at radius 3 is 2.32 bits per heavy atom. The fourth-order valence-corrected chi connectivity index (χ4v) is 4.80. The molecule has 0 fully saturated rings. The topological polar surface area (TPSA) is 83.8 Å². The van der Waals surface area contributed by atoms with Gasteiger partial charge in [-0.15, -0.1) is 0 Å². The van der Waals surface area contributed by atoms with Gasteiger partial charge in [0.05, 0.1) is 0 Å². The van der Waals surface area contributed by atoms with E-state index in [0.717, 1.165) is 12.1 Å². The number of unbranched alkanes of at least 4 members (excludes halogenated alkanes) is 7. The first-order valence-electron chi connectivity index (χ1n) is 13.3. The number of hydrogen-bond donors (Lipinski definition) is 0. The minimum atomic E-state index is -0.818. The summed E-state index contributed by atoms with van der Waals surface area (Å²) in [6.45, 7) is 6.92. The van der Waals surface area contributed by atoms with E-state index in [9.17, 15) is 15.8 Å². The first-order chi connectivity index (χ1) is 18.0. The Kier molecular flexibility index (Phi) is 9.94. The number of allylic oxidation sites excluding steroid dienone is 6. The highest BCUT2D eigenvalue weighted by molar-refractivity contribution is 5.86. The number of ether oxygens (including phenoxy) is 1. The summed E-state index contributed by atoms with van der Waals surface area (Å²) in [5.74, 6) is 0.0595. The molecule has 37 heavy (non-hydrogen) atoms. The number of rotatable bonds is 11. The lowest BCUT2D eigenvalue weighted by atomic mass is 9.94. The smallest absolute Gasteiger partial charge is 0.172 e. The zero-order valence-electron chi connectivity index (χ0n) is 22.3. The van der Waals surface area contributed by atoms with Crippen LogP contribution in [0.5, 0.6) is 0 Å². The van der Waals surface area contributed by atoms with Gasteiger partial charge in [-0.25, -0.2) is 0 Å². The highest BCUT2D eigenvalue weighted by Gasteiger charge is 2.38. The first-order valence-corrected chi connectivity index (χ1v) is 13.3. The van der Waals surface area contributed by atoms with E-state index in [1.807, 2.05) is 44.2 Å². The van der Waals surface area contributed by atoms with Crippen molar-refractivity contribution in [3.05, 3.63) is 82.8 Å². The molecule has 0 aromatic heterocycles. The molecule has 2 aliphatic rings. The maximum Gasteiger partial charge on any atom is 0.172 e. The molecular formula is C32H36N4O. The molecule has 3 rings (SSSR count). The molecule has 0 unspecified atom stereocenters. The fraction of sp³-hybridized carbons (Fsp3) is 0.406. The minimum absolute atomic E-state index is 0.0595. The Labute approximate surface area is 222 Å². The summed E-state index contributed by atoms with van der Waals surface area (Å²) in [7, 11) is 0. The van der Waals surface area contributed by atoms with E-state index in [0.29, 0.717) is 5.57 Å². The van der Waals surface area contributed by atoms with E-state index < -0.39 is 5.60 Å². The standard InChI is InChI=1S/C32H36N4O/c1-4-5-6-7-8-9-10-13-20-36-21-19-25(27-16-11-12-18-30(27)36)15-14-17-29-28(24-35)31(26(22-33)23-34)37-32(29,2)3/h11-12,14-19,21H,4-10,13,20H2,1-3H3/b17-14+,25-15-. The van der Waals surface area contributed by atoms with Crippen molar-refractivity contribution in [2.45, 2.75) is 77.7 Å². The Morgan fingerprint density at radius 2 is 1.65 bits per heavy atom. The molecule has 190 valence electrons. The number of nitrogens with zero attached hydrogens (tertiary/aromatic N) is 4. The van der Waals surface area contributed by atoms with Gasteiger partial charge in [-0.2, -0.15) is 15.8 Å². The molecule has 0 saturated heterocycles. The molecule has 0 bridgehead atoms. The second-order valence-corrected chi connectivity index (χ2v) is 9.92.